The van der Waals surface area contributed by atoms with Crippen molar-refractivity contribution < 1.29 is 13.2 Å². The van der Waals surface area contributed by atoms with Crippen LogP contribution in [-0.2, 0) is 15.0 Å². The lowest BCUT2D eigenvalue weighted by Crippen LogP contribution is -2.52. The van der Waals surface area contributed by atoms with Crippen molar-refractivity contribution in [3.63, 3.8) is 0 Å². The molecule has 0 radical (unpaired) electrons. The van der Waals surface area contributed by atoms with Crippen LogP contribution in [0.4, 0.5) is 0 Å². The van der Waals surface area contributed by atoms with Crippen molar-refractivity contribution in [1.29, 1.82) is 0 Å². The maximum Gasteiger partial charge on any atom is 0.279 e. The van der Waals surface area contributed by atoms with Gasteiger partial charge in [-0.1, -0.05) is 12.8 Å². The highest BCUT2D eigenvalue weighted by Gasteiger charge is 2.29. The lowest BCUT2D eigenvalue weighted by Gasteiger charge is -2.33. The number of hydrogen-bond acceptors (Lipinski definition) is 3. The number of nitrogens with zero attached hydrogens (tertiary/aromatic N) is 2. The van der Waals surface area contributed by atoms with Gasteiger partial charge in [0.2, 0.25) is 5.91 Å². The Balaban J connectivity index is 1.94. The first kappa shape index (κ1) is 15.7. The molecule has 0 aliphatic carbocycles. The van der Waals surface area contributed by atoms with Crippen LogP contribution in [0.25, 0.3) is 0 Å². The highest BCUT2D eigenvalue weighted by molar-refractivity contribution is 7.87. The zero-order valence-corrected chi connectivity index (χ0v) is 13.0. The number of hydrogen-bond donors (Lipinski definition) is 1. The Hall–Kier alpha value is -0.660. The normalized spacial score (nSPS) is 26.2. The van der Waals surface area contributed by atoms with Crippen molar-refractivity contribution in [2.45, 2.75) is 51.5 Å². The Labute approximate surface area is 121 Å². The van der Waals surface area contributed by atoms with Gasteiger partial charge in [-0.15, -0.1) is 0 Å². The minimum atomic E-state index is -3.41. The molecule has 116 valence electrons. The van der Waals surface area contributed by atoms with Crippen molar-refractivity contribution in [3.05, 3.63) is 0 Å². The second kappa shape index (κ2) is 6.87. The summed E-state index contributed by atoms with van der Waals surface area (Å²) in [5.74, 6) is 0.0173. The van der Waals surface area contributed by atoms with Crippen LogP contribution in [0.2, 0.25) is 0 Å². The zero-order valence-electron chi connectivity index (χ0n) is 12.2. The Kier molecular flexibility index (Phi) is 5.40. The van der Waals surface area contributed by atoms with E-state index < -0.39 is 10.2 Å². The predicted octanol–water partition coefficient (Wildman–Crippen LogP) is 0.708. The van der Waals surface area contributed by atoms with Crippen LogP contribution in [0.5, 0.6) is 0 Å². The summed E-state index contributed by atoms with van der Waals surface area (Å²) in [5, 5.41) is 0. The molecule has 7 heteroatoms. The van der Waals surface area contributed by atoms with E-state index in [9.17, 15) is 13.2 Å². The van der Waals surface area contributed by atoms with Crippen LogP contribution in [0.1, 0.15) is 45.4 Å². The molecular weight excluding hydrogens is 278 g/mol. The highest BCUT2D eigenvalue weighted by Crippen LogP contribution is 2.15. The van der Waals surface area contributed by atoms with Crippen molar-refractivity contribution in [1.82, 2.24) is 13.9 Å². The summed E-state index contributed by atoms with van der Waals surface area (Å²) in [6.07, 6.45) is 5.74. The van der Waals surface area contributed by atoms with Crippen LogP contribution < -0.4 is 4.72 Å². The van der Waals surface area contributed by atoms with E-state index in [4.69, 9.17) is 0 Å². The number of nitrogens with one attached hydrogen (secondary N) is 1. The molecule has 0 bridgehead atoms. The molecule has 2 aliphatic heterocycles. The van der Waals surface area contributed by atoms with E-state index in [0.29, 0.717) is 19.6 Å². The third-order valence-corrected chi connectivity index (χ3v) is 5.76. The maximum atomic E-state index is 12.4. The molecule has 1 N–H and O–H groups in total. The van der Waals surface area contributed by atoms with Crippen LogP contribution in [0, 0.1) is 0 Å². The van der Waals surface area contributed by atoms with Gasteiger partial charge in [-0.25, -0.2) is 0 Å². The van der Waals surface area contributed by atoms with Crippen LogP contribution in [-0.4, -0.2) is 55.8 Å². The second-order valence-corrected chi connectivity index (χ2v) is 7.44. The second-order valence-electron chi connectivity index (χ2n) is 5.74. The van der Waals surface area contributed by atoms with E-state index in [1.54, 1.807) is 9.21 Å². The van der Waals surface area contributed by atoms with Crippen molar-refractivity contribution >= 4 is 16.1 Å². The monoisotopic (exact) mass is 303 g/mol. The third-order valence-electron chi connectivity index (χ3n) is 4.09. The molecular formula is C13H25N3O3S. The Morgan fingerprint density at radius 2 is 1.70 bits per heavy atom. The number of carbonyl (C=O) groups is 1. The first-order valence-corrected chi connectivity index (χ1v) is 8.96. The summed E-state index contributed by atoms with van der Waals surface area (Å²) in [5.41, 5.74) is 0. The van der Waals surface area contributed by atoms with Gasteiger partial charge in [0.05, 0.1) is 0 Å². The summed E-state index contributed by atoms with van der Waals surface area (Å²) in [6, 6.07) is -0.152. The fraction of sp³-hybridized carbons (Fsp3) is 0.923. The molecule has 1 atom stereocenters. The zero-order chi connectivity index (χ0) is 14.6. The van der Waals surface area contributed by atoms with E-state index in [1.807, 2.05) is 0 Å². The molecule has 0 aromatic carbocycles. The average molecular weight is 303 g/mol. The van der Waals surface area contributed by atoms with Gasteiger partial charge in [0.25, 0.3) is 10.2 Å². The SMILES string of the molecule is CC(=O)N1CCC[C@H](NS(=O)(=O)N2CCCCCC2)C1. The quantitative estimate of drug-likeness (QED) is 0.835. The van der Waals surface area contributed by atoms with Crippen LogP contribution in [0.3, 0.4) is 0 Å². The largest absolute Gasteiger partial charge is 0.341 e. The minimum Gasteiger partial charge on any atom is -0.341 e. The van der Waals surface area contributed by atoms with E-state index in [0.717, 1.165) is 45.1 Å². The molecule has 6 nitrogen and oxygen atoms in total. The van der Waals surface area contributed by atoms with E-state index in [-0.39, 0.29) is 11.9 Å². The fourth-order valence-corrected chi connectivity index (χ4v) is 4.43. The first-order valence-electron chi connectivity index (χ1n) is 7.52. The lowest BCUT2D eigenvalue weighted by atomic mass is 10.1. The molecule has 2 saturated heterocycles. The third kappa shape index (κ3) is 4.17. The van der Waals surface area contributed by atoms with E-state index in [2.05, 4.69) is 4.72 Å². The van der Waals surface area contributed by atoms with Gasteiger partial charge in [-0.05, 0) is 25.7 Å². The Morgan fingerprint density at radius 3 is 2.30 bits per heavy atom. The van der Waals surface area contributed by atoms with Crippen molar-refractivity contribution in [3.8, 4) is 0 Å². The van der Waals surface area contributed by atoms with Gasteiger partial charge in [0.1, 0.15) is 0 Å². The summed E-state index contributed by atoms with van der Waals surface area (Å²) in [7, 11) is -3.41. The molecule has 2 rings (SSSR count). The molecule has 20 heavy (non-hydrogen) atoms. The van der Waals surface area contributed by atoms with E-state index in [1.165, 1.54) is 6.92 Å². The van der Waals surface area contributed by atoms with Gasteiger partial charge >= 0.3 is 0 Å². The summed E-state index contributed by atoms with van der Waals surface area (Å²) >= 11 is 0. The molecule has 0 aromatic rings. The minimum absolute atomic E-state index is 0.0173. The molecule has 2 heterocycles. The molecule has 0 unspecified atom stereocenters. The highest BCUT2D eigenvalue weighted by atomic mass is 32.2. The number of carbonyl (C=O) groups excluding carboxylic acids is 1. The topological polar surface area (TPSA) is 69.7 Å². The first-order chi connectivity index (χ1) is 9.49. The smallest absolute Gasteiger partial charge is 0.279 e. The van der Waals surface area contributed by atoms with Gasteiger partial charge in [-0.2, -0.15) is 17.4 Å². The molecule has 0 aromatic heterocycles. The molecule has 0 spiro atoms. The summed E-state index contributed by atoms with van der Waals surface area (Å²) < 4.78 is 29.1. The molecule has 1 amide bonds. The van der Waals surface area contributed by atoms with Gasteiger partial charge < -0.3 is 4.90 Å². The summed E-state index contributed by atoms with van der Waals surface area (Å²) in [6.45, 7) is 3.97. The Bertz CT molecular complexity index is 430. The molecule has 0 saturated carbocycles. The number of piperidine rings is 1. The van der Waals surface area contributed by atoms with Crippen molar-refractivity contribution in [2.75, 3.05) is 26.2 Å². The van der Waals surface area contributed by atoms with Crippen LogP contribution in [0.15, 0.2) is 0 Å². The molecule has 2 aliphatic rings. The predicted molar refractivity (Wildman–Crippen MR) is 77.4 cm³/mol. The molecule has 2 fully saturated rings. The Morgan fingerprint density at radius 1 is 1.05 bits per heavy atom. The van der Waals surface area contributed by atoms with Gasteiger partial charge in [-0.3, -0.25) is 4.79 Å². The van der Waals surface area contributed by atoms with Crippen molar-refractivity contribution in [2.24, 2.45) is 0 Å². The van der Waals surface area contributed by atoms with E-state index >= 15 is 0 Å². The number of amides is 1. The standard InChI is InChI=1S/C13H25N3O3S/c1-12(17)15-8-6-7-13(11-15)14-20(18,19)16-9-4-2-3-5-10-16/h13-14H,2-11H2,1H3/t13-/m0/s1. The lowest BCUT2D eigenvalue weighted by molar-refractivity contribution is -0.130. The average Bonchev–Trinajstić information content (AvgIpc) is 2.67. The van der Waals surface area contributed by atoms with Crippen LogP contribution >= 0.6 is 0 Å². The summed E-state index contributed by atoms with van der Waals surface area (Å²) in [4.78, 5) is 13.1. The number of rotatable bonds is 3. The maximum absolute atomic E-state index is 12.4. The van der Waals surface area contributed by atoms with Gasteiger partial charge in [0.15, 0.2) is 0 Å². The number of likely N-dealkylation sites (tertiary alicyclic amines) is 1. The van der Waals surface area contributed by atoms with Gasteiger partial charge in [0, 0.05) is 39.1 Å². The fourth-order valence-electron chi connectivity index (χ4n) is 2.93.